The molecule has 5 aromatic rings. The number of fused-ring (bicyclic) bond motifs is 1. The highest BCUT2D eigenvalue weighted by Gasteiger charge is 2.15. The molecule has 0 saturated heterocycles. The lowest BCUT2D eigenvalue weighted by atomic mass is 10.2. The number of hydrogen-bond donors (Lipinski definition) is 0. The van der Waals surface area contributed by atoms with Crippen LogP contribution in [0.5, 0.6) is 5.75 Å². The van der Waals surface area contributed by atoms with Gasteiger partial charge in [-0.15, -0.1) is 5.10 Å². The van der Waals surface area contributed by atoms with Gasteiger partial charge in [0.05, 0.1) is 13.7 Å². The largest absolute Gasteiger partial charge is 0.497 e. The Labute approximate surface area is 186 Å². The molecule has 0 amide bonds. The van der Waals surface area contributed by atoms with Crippen molar-refractivity contribution in [1.82, 2.24) is 34.7 Å². The van der Waals surface area contributed by atoms with Crippen LogP contribution in [-0.2, 0) is 13.1 Å². The van der Waals surface area contributed by atoms with Gasteiger partial charge in [0.2, 0.25) is 11.7 Å². The zero-order chi connectivity index (χ0) is 22.1. The van der Waals surface area contributed by atoms with Crippen LogP contribution in [0.2, 0.25) is 5.02 Å². The van der Waals surface area contributed by atoms with Gasteiger partial charge in [0, 0.05) is 10.6 Å². The fourth-order valence-corrected chi connectivity index (χ4v) is 3.45. The SMILES string of the molecule is COc1ccc(-c2noc(Cn3cnc4c(nnn4Cc4cccc(Cl)c4)c3=O)n2)cc1. The topological polar surface area (TPSA) is 114 Å². The zero-order valence-corrected chi connectivity index (χ0v) is 17.6. The Kier molecular flexibility index (Phi) is 5.12. The predicted octanol–water partition coefficient (Wildman–Crippen LogP) is 2.80. The maximum Gasteiger partial charge on any atom is 0.283 e. The minimum Gasteiger partial charge on any atom is -0.497 e. The Hall–Kier alpha value is -4.05. The summed E-state index contributed by atoms with van der Waals surface area (Å²) in [5, 5.41) is 12.7. The number of methoxy groups -OCH3 is 1. The second-order valence-corrected chi connectivity index (χ2v) is 7.40. The normalized spacial score (nSPS) is 11.2. The van der Waals surface area contributed by atoms with E-state index in [0.717, 1.165) is 16.9 Å². The van der Waals surface area contributed by atoms with Gasteiger partial charge in [-0.25, -0.2) is 9.67 Å². The first-order valence-electron chi connectivity index (χ1n) is 9.61. The van der Waals surface area contributed by atoms with Crippen LogP contribution < -0.4 is 10.3 Å². The molecule has 0 aliphatic rings. The zero-order valence-electron chi connectivity index (χ0n) is 16.8. The standard InChI is InChI=1S/C21H16ClN7O3/c1-31-16-7-5-14(6-8-16)19-24-17(32-26-19)11-28-12-23-20-18(21(28)30)25-27-29(20)10-13-3-2-4-15(22)9-13/h2-9,12H,10-11H2,1H3. The van der Waals surface area contributed by atoms with Crippen molar-refractivity contribution in [2.75, 3.05) is 7.11 Å². The smallest absolute Gasteiger partial charge is 0.283 e. The summed E-state index contributed by atoms with van der Waals surface area (Å²) < 4.78 is 13.4. The van der Waals surface area contributed by atoms with Gasteiger partial charge >= 0.3 is 0 Å². The van der Waals surface area contributed by atoms with E-state index in [1.54, 1.807) is 30.0 Å². The van der Waals surface area contributed by atoms with Crippen LogP contribution in [0.1, 0.15) is 11.5 Å². The first-order chi connectivity index (χ1) is 15.6. The van der Waals surface area contributed by atoms with Crippen LogP contribution in [0, 0.1) is 0 Å². The molecule has 2 aromatic carbocycles. The third kappa shape index (κ3) is 3.83. The number of benzene rings is 2. The maximum absolute atomic E-state index is 12.9. The minimum atomic E-state index is -0.350. The van der Waals surface area contributed by atoms with Crippen molar-refractivity contribution in [2.45, 2.75) is 13.1 Å². The molecule has 11 heteroatoms. The highest BCUT2D eigenvalue weighted by molar-refractivity contribution is 6.30. The number of halogens is 1. The summed E-state index contributed by atoms with van der Waals surface area (Å²) in [4.78, 5) is 21.6. The molecule has 5 rings (SSSR count). The minimum absolute atomic E-state index is 0.0616. The molecule has 0 spiro atoms. The molecule has 0 radical (unpaired) electrons. The van der Waals surface area contributed by atoms with Crippen molar-refractivity contribution in [3.63, 3.8) is 0 Å². The van der Waals surface area contributed by atoms with E-state index in [1.807, 2.05) is 30.3 Å². The lowest BCUT2D eigenvalue weighted by Crippen LogP contribution is -2.21. The Morgan fingerprint density at radius 3 is 2.75 bits per heavy atom. The Balaban J connectivity index is 1.39. The van der Waals surface area contributed by atoms with E-state index in [9.17, 15) is 4.79 Å². The third-order valence-corrected chi connectivity index (χ3v) is 5.07. The number of ether oxygens (including phenoxy) is 1. The van der Waals surface area contributed by atoms with Crippen LogP contribution in [-0.4, -0.2) is 41.8 Å². The molecule has 10 nitrogen and oxygen atoms in total. The maximum atomic E-state index is 12.9. The fraction of sp³-hybridized carbons (Fsp3) is 0.143. The van der Waals surface area contributed by atoms with Gasteiger partial charge in [-0.3, -0.25) is 9.36 Å². The van der Waals surface area contributed by atoms with Crippen molar-refractivity contribution in [1.29, 1.82) is 0 Å². The van der Waals surface area contributed by atoms with Crippen molar-refractivity contribution in [2.24, 2.45) is 0 Å². The molecule has 0 aliphatic carbocycles. The van der Waals surface area contributed by atoms with Crippen molar-refractivity contribution in [3.8, 4) is 17.1 Å². The number of hydrogen-bond acceptors (Lipinski definition) is 8. The Bertz CT molecular complexity index is 1460. The van der Waals surface area contributed by atoms with Gasteiger partial charge in [0.25, 0.3) is 5.56 Å². The average molecular weight is 450 g/mol. The molecule has 0 fully saturated rings. The summed E-state index contributed by atoms with van der Waals surface area (Å²) in [5.41, 5.74) is 1.88. The molecule has 3 heterocycles. The predicted molar refractivity (Wildman–Crippen MR) is 116 cm³/mol. The van der Waals surface area contributed by atoms with E-state index in [-0.39, 0.29) is 23.5 Å². The summed E-state index contributed by atoms with van der Waals surface area (Å²) in [7, 11) is 1.60. The van der Waals surface area contributed by atoms with E-state index in [4.69, 9.17) is 20.9 Å². The second-order valence-electron chi connectivity index (χ2n) is 6.97. The molecule has 3 aromatic heterocycles. The summed E-state index contributed by atoms with van der Waals surface area (Å²) in [6.45, 7) is 0.453. The molecule has 0 unspecified atom stereocenters. The van der Waals surface area contributed by atoms with Crippen LogP contribution in [0.4, 0.5) is 0 Å². The van der Waals surface area contributed by atoms with Crippen LogP contribution in [0.3, 0.4) is 0 Å². The fourth-order valence-electron chi connectivity index (χ4n) is 3.24. The summed E-state index contributed by atoms with van der Waals surface area (Å²) in [6, 6.07) is 14.6. The molecule has 0 atom stereocenters. The first kappa shape index (κ1) is 19.9. The molecular formula is C21H16ClN7O3. The van der Waals surface area contributed by atoms with Crippen LogP contribution in [0.25, 0.3) is 22.6 Å². The summed E-state index contributed by atoms with van der Waals surface area (Å²) in [5.74, 6) is 1.41. The molecule has 0 saturated carbocycles. The lowest BCUT2D eigenvalue weighted by Gasteiger charge is -2.04. The Morgan fingerprint density at radius 1 is 1.12 bits per heavy atom. The quantitative estimate of drug-likeness (QED) is 0.388. The monoisotopic (exact) mass is 449 g/mol. The first-order valence-corrected chi connectivity index (χ1v) is 9.98. The average Bonchev–Trinajstić information content (AvgIpc) is 3.44. The highest BCUT2D eigenvalue weighted by Crippen LogP contribution is 2.20. The molecule has 0 N–H and O–H groups in total. The van der Waals surface area contributed by atoms with Gasteiger partial charge in [-0.05, 0) is 42.0 Å². The summed E-state index contributed by atoms with van der Waals surface area (Å²) in [6.07, 6.45) is 1.42. The van der Waals surface area contributed by atoms with E-state index in [1.165, 1.54) is 10.9 Å². The van der Waals surface area contributed by atoms with E-state index in [0.29, 0.717) is 23.0 Å². The van der Waals surface area contributed by atoms with Crippen LogP contribution in [0.15, 0.2) is 64.2 Å². The van der Waals surface area contributed by atoms with E-state index >= 15 is 0 Å². The molecule has 32 heavy (non-hydrogen) atoms. The Morgan fingerprint density at radius 2 is 1.97 bits per heavy atom. The van der Waals surface area contributed by atoms with Gasteiger partial charge in [0.1, 0.15) is 18.6 Å². The van der Waals surface area contributed by atoms with Crippen molar-refractivity contribution in [3.05, 3.63) is 81.7 Å². The van der Waals surface area contributed by atoms with Crippen LogP contribution >= 0.6 is 11.6 Å². The van der Waals surface area contributed by atoms with E-state index < -0.39 is 0 Å². The van der Waals surface area contributed by atoms with Gasteiger partial charge in [-0.1, -0.05) is 34.1 Å². The van der Waals surface area contributed by atoms with Gasteiger partial charge in [0.15, 0.2) is 11.2 Å². The highest BCUT2D eigenvalue weighted by atomic mass is 35.5. The van der Waals surface area contributed by atoms with Crippen molar-refractivity contribution < 1.29 is 9.26 Å². The van der Waals surface area contributed by atoms with Crippen molar-refractivity contribution >= 4 is 22.8 Å². The molecule has 0 bridgehead atoms. The second kappa shape index (κ2) is 8.23. The lowest BCUT2D eigenvalue weighted by molar-refractivity contribution is 0.369. The molecule has 160 valence electrons. The van der Waals surface area contributed by atoms with Gasteiger partial charge < -0.3 is 9.26 Å². The molecule has 0 aliphatic heterocycles. The number of aromatic nitrogens is 7. The third-order valence-electron chi connectivity index (χ3n) is 4.84. The van der Waals surface area contributed by atoms with E-state index in [2.05, 4.69) is 25.4 Å². The summed E-state index contributed by atoms with van der Waals surface area (Å²) >= 11 is 6.04. The number of nitrogens with zero attached hydrogens (tertiary/aromatic N) is 7. The molecular weight excluding hydrogens is 434 g/mol. The van der Waals surface area contributed by atoms with Gasteiger partial charge in [-0.2, -0.15) is 4.98 Å². The number of rotatable bonds is 6.